The summed E-state index contributed by atoms with van der Waals surface area (Å²) in [5.41, 5.74) is 5.50. The zero-order valence-corrected chi connectivity index (χ0v) is 11.7. The molecule has 3 N–H and O–H groups in total. The normalized spacial score (nSPS) is 14.0. The summed E-state index contributed by atoms with van der Waals surface area (Å²) in [7, 11) is -3.47. The highest BCUT2D eigenvalue weighted by Crippen LogP contribution is 2.03. The molecule has 0 amide bonds. The molecular weight excluding hydrogens is 246 g/mol. The standard InChI is InChI=1S/C9H21N3O2S2/c1-4-7-8(9(10)15)11-16(13,14)12(5-2)6-3/h8,11H,4-7H2,1-3H3,(H2,10,15). The molecule has 0 fully saturated rings. The van der Waals surface area contributed by atoms with E-state index in [1.54, 1.807) is 13.8 Å². The van der Waals surface area contributed by atoms with Crippen LogP contribution in [0.3, 0.4) is 0 Å². The summed E-state index contributed by atoms with van der Waals surface area (Å²) in [4.78, 5) is 0.192. The van der Waals surface area contributed by atoms with Crippen molar-refractivity contribution in [3.8, 4) is 0 Å². The third kappa shape index (κ3) is 4.73. The number of thiocarbonyl (C=S) groups is 1. The van der Waals surface area contributed by atoms with Crippen LogP contribution in [0.5, 0.6) is 0 Å². The van der Waals surface area contributed by atoms with Crippen molar-refractivity contribution in [1.82, 2.24) is 9.03 Å². The van der Waals surface area contributed by atoms with E-state index in [1.165, 1.54) is 4.31 Å². The SMILES string of the molecule is CCCC(NS(=O)(=O)N(CC)CC)C(N)=S. The zero-order valence-electron chi connectivity index (χ0n) is 10.1. The first-order chi connectivity index (χ1) is 7.38. The van der Waals surface area contributed by atoms with Crippen LogP contribution in [0.25, 0.3) is 0 Å². The molecular formula is C9H21N3O2S2. The fraction of sp³-hybridized carbons (Fsp3) is 0.889. The maximum atomic E-state index is 11.9. The van der Waals surface area contributed by atoms with Gasteiger partial charge in [0.2, 0.25) is 0 Å². The summed E-state index contributed by atoms with van der Waals surface area (Å²) in [6, 6.07) is -0.453. The largest absolute Gasteiger partial charge is 0.392 e. The smallest absolute Gasteiger partial charge is 0.280 e. The first kappa shape index (κ1) is 15.8. The zero-order chi connectivity index (χ0) is 12.8. The summed E-state index contributed by atoms with van der Waals surface area (Å²) in [6.45, 7) is 6.40. The Bertz CT molecular complexity index is 313. The average Bonchev–Trinajstić information content (AvgIpc) is 2.18. The van der Waals surface area contributed by atoms with Crippen molar-refractivity contribution in [1.29, 1.82) is 0 Å². The monoisotopic (exact) mass is 267 g/mol. The van der Waals surface area contributed by atoms with Gasteiger partial charge < -0.3 is 5.73 Å². The Morgan fingerprint density at radius 2 is 1.88 bits per heavy atom. The van der Waals surface area contributed by atoms with Crippen LogP contribution in [0.2, 0.25) is 0 Å². The number of nitrogens with zero attached hydrogens (tertiary/aromatic N) is 1. The first-order valence-electron chi connectivity index (χ1n) is 5.45. The van der Waals surface area contributed by atoms with Crippen molar-refractivity contribution in [2.45, 2.75) is 39.7 Å². The second-order valence-corrected chi connectivity index (χ2v) is 5.62. The molecule has 0 bridgehead atoms. The van der Waals surface area contributed by atoms with Gasteiger partial charge in [-0.2, -0.15) is 17.4 Å². The van der Waals surface area contributed by atoms with E-state index in [0.717, 1.165) is 6.42 Å². The molecule has 0 saturated heterocycles. The van der Waals surface area contributed by atoms with Gasteiger partial charge in [0.15, 0.2) is 0 Å². The molecule has 1 unspecified atom stereocenters. The van der Waals surface area contributed by atoms with Gasteiger partial charge in [0, 0.05) is 13.1 Å². The number of nitrogens with one attached hydrogen (secondary N) is 1. The van der Waals surface area contributed by atoms with Gasteiger partial charge in [0.05, 0.1) is 11.0 Å². The predicted octanol–water partition coefficient (Wildman–Crippen LogP) is 0.617. The molecule has 96 valence electrons. The Morgan fingerprint density at radius 1 is 1.38 bits per heavy atom. The predicted molar refractivity (Wildman–Crippen MR) is 70.5 cm³/mol. The van der Waals surface area contributed by atoms with E-state index in [0.29, 0.717) is 19.5 Å². The number of hydrogen-bond acceptors (Lipinski definition) is 3. The maximum absolute atomic E-state index is 11.9. The van der Waals surface area contributed by atoms with Gasteiger partial charge in [0.25, 0.3) is 10.2 Å². The van der Waals surface area contributed by atoms with Crippen molar-refractivity contribution in [3.63, 3.8) is 0 Å². The lowest BCUT2D eigenvalue weighted by atomic mass is 10.2. The van der Waals surface area contributed by atoms with Crippen molar-refractivity contribution >= 4 is 27.4 Å². The fourth-order valence-corrected chi connectivity index (χ4v) is 3.05. The Labute approximate surface area is 104 Å². The molecule has 0 aliphatic heterocycles. The average molecular weight is 267 g/mol. The van der Waals surface area contributed by atoms with Gasteiger partial charge in [-0.3, -0.25) is 0 Å². The van der Waals surface area contributed by atoms with Crippen LogP contribution in [0.15, 0.2) is 0 Å². The molecule has 0 aliphatic rings. The third-order valence-electron chi connectivity index (χ3n) is 2.26. The van der Waals surface area contributed by atoms with Gasteiger partial charge >= 0.3 is 0 Å². The molecule has 0 radical (unpaired) electrons. The van der Waals surface area contributed by atoms with E-state index < -0.39 is 16.3 Å². The molecule has 0 spiro atoms. The third-order valence-corrected chi connectivity index (χ3v) is 4.32. The van der Waals surface area contributed by atoms with E-state index in [2.05, 4.69) is 4.72 Å². The summed E-state index contributed by atoms with van der Waals surface area (Å²) < 4.78 is 27.6. The van der Waals surface area contributed by atoms with Crippen LogP contribution in [0.1, 0.15) is 33.6 Å². The van der Waals surface area contributed by atoms with Crippen LogP contribution in [0.4, 0.5) is 0 Å². The fourth-order valence-electron chi connectivity index (χ4n) is 1.37. The number of rotatable bonds is 8. The number of nitrogens with two attached hydrogens (primary N) is 1. The van der Waals surface area contributed by atoms with Gasteiger partial charge in [-0.1, -0.05) is 39.4 Å². The summed E-state index contributed by atoms with van der Waals surface area (Å²) >= 11 is 4.84. The summed E-state index contributed by atoms with van der Waals surface area (Å²) in [5.74, 6) is 0. The van der Waals surface area contributed by atoms with Crippen molar-refractivity contribution < 1.29 is 8.42 Å². The Kier molecular flexibility index (Phi) is 7.05. The van der Waals surface area contributed by atoms with E-state index in [4.69, 9.17) is 18.0 Å². The molecule has 7 heteroatoms. The molecule has 0 aromatic heterocycles. The molecule has 0 saturated carbocycles. The van der Waals surface area contributed by atoms with Crippen LogP contribution in [-0.2, 0) is 10.2 Å². The van der Waals surface area contributed by atoms with Crippen LogP contribution >= 0.6 is 12.2 Å². The second-order valence-electron chi connectivity index (χ2n) is 3.45. The first-order valence-corrected chi connectivity index (χ1v) is 7.30. The minimum absolute atomic E-state index is 0.192. The molecule has 0 heterocycles. The molecule has 0 aromatic carbocycles. The lowest BCUT2D eigenvalue weighted by molar-refractivity contribution is 0.430. The molecule has 1 atom stereocenters. The van der Waals surface area contributed by atoms with Crippen molar-refractivity contribution in [3.05, 3.63) is 0 Å². The van der Waals surface area contributed by atoms with Crippen molar-refractivity contribution in [2.24, 2.45) is 5.73 Å². The van der Waals surface area contributed by atoms with E-state index in [1.807, 2.05) is 6.92 Å². The van der Waals surface area contributed by atoms with Gasteiger partial charge in [-0.25, -0.2) is 0 Å². The summed E-state index contributed by atoms with van der Waals surface area (Å²) in [6.07, 6.45) is 1.44. The van der Waals surface area contributed by atoms with Gasteiger partial charge in [-0.05, 0) is 6.42 Å². The van der Waals surface area contributed by atoms with E-state index in [9.17, 15) is 8.42 Å². The molecule has 0 rings (SSSR count). The maximum Gasteiger partial charge on any atom is 0.280 e. The van der Waals surface area contributed by atoms with Crippen molar-refractivity contribution in [2.75, 3.05) is 13.1 Å². The van der Waals surface area contributed by atoms with Gasteiger partial charge in [0.1, 0.15) is 0 Å². The van der Waals surface area contributed by atoms with Gasteiger partial charge in [-0.15, -0.1) is 0 Å². The second kappa shape index (κ2) is 7.16. The lowest BCUT2D eigenvalue weighted by Crippen LogP contribution is -2.49. The highest BCUT2D eigenvalue weighted by molar-refractivity contribution is 7.87. The highest BCUT2D eigenvalue weighted by Gasteiger charge is 2.23. The summed E-state index contributed by atoms with van der Waals surface area (Å²) in [5, 5.41) is 0. The lowest BCUT2D eigenvalue weighted by Gasteiger charge is -2.23. The van der Waals surface area contributed by atoms with Crippen LogP contribution in [0, 0.1) is 0 Å². The Hall–Kier alpha value is -0.240. The van der Waals surface area contributed by atoms with Crippen LogP contribution in [-0.4, -0.2) is 36.8 Å². The Morgan fingerprint density at radius 3 is 2.19 bits per heavy atom. The molecule has 0 aliphatic carbocycles. The molecule has 5 nitrogen and oxygen atoms in total. The Balaban J connectivity index is 4.71. The molecule has 16 heavy (non-hydrogen) atoms. The topological polar surface area (TPSA) is 75.4 Å². The van der Waals surface area contributed by atoms with E-state index >= 15 is 0 Å². The minimum Gasteiger partial charge on any atom is -0.392 e. The quantitative estimate of drug-likeness (QED) is 0.632. The number of hydrogen-bond donors (Lipinski definition) is 2. The molecule has 0 aromatic rings. The van der Waals surface area contributed by atoms with E-state index in [-0.39, 0.29) is 4.99 Å². The highest BCUT2D eigenvalue weighted by atomic mass is 32.2. The minimum atomic E-state index is -3.47. The van der Waals surface area contributed by atoms with Crippen LogP contribution < -0.4 is 10.5 Å².